The van der Waals surface area contributed by atoms with E-state index < -0.39 is 22.7 Å². The van der Waals surface area contributed by atoms with Gasteiger partial charge >= 0.3 is 18.0 Å². The molecule has 0 aliphatic carbocycles. The average Bonchev–Trinajstić information content (AvgIpc) is 3.52. The van der Waals surface area contributed by atoms with Crippen LogP contribution in [0.2, 0.25) is 0 Å². The number of quaternary nitrogens is 1. The Hall–Kier alpha value is -4.57. The van der Waals surface area contributed by atoms with Gasteiger partial charge in [0.1, 0.15) is 12.1 Å². The molecule has 3 aromatic rings. The number of nitrogens with zero attached hydrogens (tertiary/aromatic N) is 6. The first kappa shape index (κ1) is 27.0. The average molecular weight is 561 g/mol. The number of halogens is 3. The van der Waals surface area contributed by atoms with E-state index in [1.54, 1.807) is 0 Å². The van der Waals surface area contributed by atoms with Gasteiger partial charge in [-0.25, -0.2) is 9.42 Å². The van der Waals surface area contributed by atoms with Crippen LogP contribution in [0.1, 0.15) is 28.5 Å². The summed E-state index contributed by atoms with van der Waals surface area (Å²) < 4.78 is 43.5. The van der Waals surface area contributed by atoms with Crippen molar-refractivity contribution in [2.75, 3.05) is 43.4 Å². The van der Waals surface area contributed by atoms with Crippen molar-refractivity contribution in [3.05, 3.63) is 53.5 Å². The van der Waals surface area contributed by atoms with Crippen molar-refractivity contribution in [3.8, 4) is 0 Å². The van der Waals surface area contributed by atoms with Gasteiger partial charge in [-0.1, -0.05) is 18.2 Å². The molecule has 0 spiro atoms. The molecule has 4 heterocycles. The van der Waals surface area contributed by atoms with Gasteiger partial charge in [0.25, 0.3) is 5.91 Å². The Morgan fingerprint density at radius 1 is 1.20 bits per heavy atom. The quantitative estimate of drug-likeness (QED) is 0.364. The molecule has 16 heteroatoms. The summed E-state index contributed by atoms with van der Waals surface area (Å²) >= 11 is 0. The Bertz CT molecular complexity index is 1470. The van der Waals surface area contributed by atoms with Crippen molar-refractivity contribution in [3.63, 3.8) is 0 Å². The number of alkyl halides is 3. The predicted octanol–water partition coefficient (Wildman–Crippen LogP) is 1.83. The number of amides is 1. The largest absolute Gasteiger partial charge is 0.497 e. The lowest BCUT2D eigenvalue weighted by molar-refractivity contribution is -0.222. The number of amidine groups is 1. The second kappa shape index (κ2) is 10.5. The number of rotatable bonds is 7. The summed E-state index contributed by atoms with van der Waals surface area (Å²) in [6.07, 6.45) is -2.94. The highest BCUT2D eigenvalue weighted by molar-refractivity contribution is 6.16. The van der Waals surface area contributed by atoms with Crippen molar-refractivity contribution < 1.29 is 32.2 Å². The minimum Gasteiger partial charge on any atom is -0.379 e. The SMILES string of the molecule is CC[N+]1(OC(=O)C(F)(F)F)C(c2nonc2N)=Nc2cncc(C(=O)NCc3ccccc3N3CCNCC3)c21. The lowest BCUT2D eigenvalue weighted by Crippen LogP contribution is -2.56. The molecular formula is C24H25F3N9O4+. The molecule has 0 bridgehead atoms. The number of nitrogen functional groups attached to an aromatic ring is 1. The highest BCUT2D eigenvalue weighted by Crippen LogP contribution is 2.45. The molecule has 0 radical (unpaired) electrons. The number of benzene rings is 1. The molecule has 1 amide bonds. The van der Waals surface area contributed by atoms with Crippen molar-refractivity contribution >= 4 is 40.6 Å². The molecule has 13 nitrogen and oxygen atoms in total. The van der Waals surface area contributed by atoms with E-state index in [-0.39, 0.29) is 47.4 Å². The zero-order valence-electron chi connectivity index (χ0n) is 21.2. The number of nitrogens with one attached hydrogen (secondary N) is 2. The van der Waals surface area contributed by atoms with Gasteiger partial charge in [0.15, 0.2) is 5.69 Å². The van der Waals surface area contributed by atoms with E-state index in [2.05, 4.69) is 40.5 Å². The number of piperazine rings is 1. The van der Waals surface area contributed by atoms with Gasteiger partial charge in [-0.15, -0.1) is 0 Å². The van der Waals surface area contributed by atoms with Crippen LogP contribution >= 0.6 is 0 Å². The number of hydrogen-bond acceptors (Lipinski definition) is 11. The molecular weight excluding hydrogens is 535 g/mol. The number of hydroxylamine groups is 2. The van der Waals surface area contributed by atoms with Gasteiger partial charge in [-0.05, 0) is 33.5 Å². The van der Waals surface area contributed by atoms with Crippen LogP contribution in [0.15, 0.2) is 46.3 Å². The van der Waals surface area contributed by atoms with Crippen molar-refractivity contribution in [2.45, 2.75) is 19.6 Å². The monoisotopic (exact) mass is 560 g/mol. The highest BCUT2D eigenvalue weighted by atomic mass is 19.4. The maximum atomic E-state index is 13.5. The third-order valence-corrected chi connectivity index (χ3v) is 6.60. The number of pyridine rings is 1. The number of aromatic nitrogens is 3. The van der Waals surface area contributed by atoms with Crippen molar-refractivity contribution in [1.82, 2.24) is 30.6 Å². The van der Waals surface area contributed by atoms with Gasteiger partial charge in [-0.3, -0.25) is 14.6 Å². The van der Waals surface area contributed by atoms with Gasteiger partial charge < -0.3 is 21.3 Å². The van der Waals surface area contributed by atoms with Crippen molar-refractivity contribution in [1.29, 1.82) is 0 Å². The molecule has 4 N–H and O–H groups in total. The Kier molecular flexibility index (Phi) is 7.12. The van der Waals surface area contributed by atoms with E-state index in [4.69, 9.17) is 10.6 Å². The van der Waals surface area contributed by atoms with E-state index in [9.17, 15) is 22.8 Å². The highest BCUT2D eigenvalue weighted by Gasteiger charge is 2.57. The van der Waals surface area contributed by atoms with Crippen LogP contribution in [-0.4, -0.2) is 71.9 Å². The fourth-order valence-electron chi connectivity index (χ4n) is 4.75. The second-order valence-electron chi connectivity index (χ2n) is 8.97. The molecule has 1 saturated heterocycles. The van der Waals surface area contributed by atoms with Crippen LogP contribution in [-0.2, 0) is 16.2 Å². The lowest BCUT2D eigenvalue weighted by atomic mass is 10.1. The topological polar surface area (TPSA) is 161 Å². The van der Waals surface area contributed by atoms with E-state index in [0.717, 1.165) is 37.4 Å². The Morgan fingerprint density at radius 2 is 1.95 bits per heavy atom. The van der Waals surface area contributed by atoms with Crippen LogP contribution in [0.25, 0.3) is 0 Å². The summed E-state index contributed by atoms with van der Waals surface area (Å²) in [5, 5.41) is 13.2. The number of carbonyl (C=O) groups excluding carboxylic acids is 2. The molecule has 1 aromatic carbocycles. The smallest absolute Gasteiger partial charge is 0.379 e. The Balaban J connectivity index is 1.51. The summed E-state index contributed by atoms with van der Waals surface area (Å²) in [6.45, 7) is 4.49. The molecule has 1 unspecified atom stereocenters. The number of fused-ring (bicyclic) bond motifs is 1. The van der Waals surface area contributed by atoms with Crippen molar-refractivity contribution in [2.24, 2.45) is 4.99 Å². The Morgan fingerprint density at radius 3 is 2.62 bits per heavy atom. The minimum absolute atomic E-state index is 0.0110. The van der Waals surface area contributed by atoms with E-state index in [1.165, 1.54) is 19.3 Å². The molecule has 5 rings (SSSR count). The van der Waals surface area contributed by atoms with Gasteiger partial charge in [-0.2, -0.15) is 18.2 Å². The minimum atomic E-state index is -5.34. The fraction of sp³-hybridized carbons (Fsp3) is 0.333. The second-order valence-corrected chi connectivity index (χ2v) is 8.97. The Labute approximate surface area is 225 Å². The maximum Gasteiger partial charge on any atom is 0.497 e. The molecule has 0 saturated carbocycles. The van der Waals surface area contributed by atoms with Gasteiger partial charge in [0.05, 0.1) is 6.20 Å². The molecule has 1 atom stereocenters. The normalized spacial score (nSPS) is 18.7. The van der Waals surface area contributed by atoms with Gasteiger partial charge in [0, 0.05) is 44.6 Å². The van der Waals surface area contributed by atoms with Crippen LogP contribution in [0.3, 0.4) is 0 Å². The maximum absolute atomic E-state index is 13.5. The summed E-state index contributed by atoms with van der Waals surface area (Å²) in [5.41, 5.74) is 7.06. The van der Waals surface area contributed by atoms with Crippen LogP contribution in [0.4, 0.5) is 36.1 Å². The van der Waals surface area contributed by atoms with E-state index >= 15 is 0 Å². The third-order valence-electron chi connectivity index (χ3n) is 6.60. The van der Waals surface area contributed by atoms with Gasteiger partial charge in [0.2, 0.25) is 17.2 Å². The molecule has 1 fully saturated rings. The number of nitrogens with two attached hydrogens (primary N) is 1. The van der Waals surface area contributed by atoms with E-state index in [1.807, 2.05) is 24.3 Å². The molecule has 210 valence electrons. The molecule has 2 aliphatic heterocycles. The zero-order valence-corrected chi connectivity index (χ0v) is 21.2. The summed E-state index contributed by atoms with van der Waals surface area (Å²) in [5.74, 6) is -3.78. The number of hydrogen-bond donors (Lipinski definition) is 3. The predicted molar refractivity (Wildman–Crippen MR) is 136 cm³/mol. The number of anilines is 2. The first-order valence-electron chi connectivity index (χ1n) is 12.3. The summed E-state index contributed by atoms with van der Waals surface area (Å²) in [4.78, 5) is 41.3. The lowest BCUT2D eigenvalue weighted by Gasteiger charge is -2.31. The van der Waals surface area contributed by atoms with Crippen LogP contribution in [0.5, 0.6) is 0 Å². The number of para-hydroxylation sites is 1. The summed E-state index contributed by atoms with van der Waals surface area (Å²) in [7, 11) is 0. The zero-order chi connectivity index (χ0) is 28.5. The first-order chi connectivity index (χ1) is 19.2. The van der Waals surface area contributed by atoms with Crippen LogP contribution < -0.4 is 25.9 Å². The molecule has 2 aliphatic rings. The van der Waals surface area contributed by atoms with E-state index in [0.29, 0.717) is 0 Å². The van der Waals surface area contributed by atoms with Crippen LogP contribution in [0, 0.1) is 0 Å². The number of aliphatic imine (C=N–C) groups is 1. The fourth-order valence-corrected chi connectivity index (χ4v) is 4.75. The molecule has 2 aromatic heterocycles. The first-order valence-corrected chi connectivity index (χ1v) is 12.3. The third kappa shape index (κ3) is 4.82. The summed E-state index contributed by atoms with van der Waals surface area (Å²) in [6, 6.07) is 7.59. The number of carbonyl (C=O) groups is 2. The standard InChI is InChI=1S/C24H24F3N9O4/c1-2-36(39-23(38)24(25,26)27)19-15(12-30-13-16(19)32-21(36)18-20(28)34-40-33-18)22(37)31-11-14-5-3-4-6-17(14)35-9-7-29-8-10-35/h3-6,12-13,29H,2,7-11H2,1H3,(H2-,28,31,34,37)/p+1. The molecule has 40 heavy (non-hydrogen) atoms.